The van der Waals surface area contributed by atoms with Crippen LogP contribution < -0.4 is 0 Å². The summed E-state index contributed by atoms with van der Waals surface area (Å²) in [7, 11) is -2.92. The van der Waals surface area contributed by atoms with Crippen LogP contribution in [0, 0.1) is 0 Å². The molecule has 0 heterocycles. The number of carbonyl (C=O) groups excluding carboxylic acids is 1. The molecule has 0 aliphatic carbocycles. The van der Waals surface area contributed by atoms with Gasteiger partial charge in [0.2, 0.25) is 13.8 Å². The van der Waals surface area contributed by atoms with Crippen LogP contribution in [0.5, 0.6) is 0 Å². The molecule has 0 aliphatic rings. The summed E-state index contributed by atoms with van der Waals surface area (Å²) >= 11 is 0. The lowest BCUT2D eigenvalue weighted by Crippen LogP contribution is -2.45. The Morgan fingerprint density at radius 1 is 1.23 bits per heavy atom. The molecule has 0 aromatic carbocycles. The fourth-order valence-electron chi connectivity index (χ4n) is 2.17. The number of nitrogens with zero attached hydrogens (tertiary/aromatic N) is 1. The fourth-order valence-corrected chi connectivity index (χ4v) is 4.96. The van der Waals surface area contributed by atoms with Crippen molar-refractivity contribution < 1.29 is 23.8 Å². The van der Waals surface area contributed by atoms with Gasteiger partial charge in [-0.3, -0.25) is 14.2 Å². The summed E-state index contributed by atoms with van der Waals surface area (Å²) in [6.07, 6.45) is 2.66. The third kappa shape index (κ3) is 9.57. The Bertz CT molecular complexity index is 379. The molecular formula is C15H32NO5P. The molecule has 0 aromatic heterocycles. The topological polar surface area (TPSA) is 76.1 Å². The van der Waals surface area contributed by atoms with Crippen LogP contribution in [0.4, 0.5) is 0 Å². The zero-order chi connectivity index (χ0) is 17.4. The van der Waals surface area contributed by atoms with Crippen LogP contribution in [-0.4, -0.2) is 53.3 Å². The summed E-state index contributed by atoms with van der Waals surface area (Å²) in [5.74, 6) is 0. The molecule has 0 aliphatic heterocycles. The first kappa shape index (κ1) is 21.6. The second kappa shape index (κ2) is 9.02. The lowest BCUT2D eigenvalue weighted by Gasteiger charge is -2.34. The van der Waals surface area contributed by atoms with Crippen LogP contribution in [0.3, 0.4) is 0 Å². The van der Waals surface area contributed by atoms with E-state index in [0.29, 0.717) is 19.2 Å². The average molecular weight is 337 g/mol. The number of aliphatic hydroxyl groups is 1. The van der Waals surface area contributed by atoms with Crippen molar-refractivity contribution in [3.8, 4) is 0 Å². The second-order valence-corrected chi connectivity index (χ2v) is 9.50. The highest BCUT2D eigenvalue weighted by Gasteiger charge is 2.36. The molecule has 0 spiro atoms. The SMILES string of the molecule is CCCCP(=O)(CC(C)(O)CN(C=O)OC(C)(C)C)OCC. The van der Waals surface area contributed by atoms with Gasteiger partial charge < -0.3 is 9.63 Å². The largest absolute Gasteiger partial charge is 0.388 e. The maximum Gasteiger partial charge on any atom is 0.233 e. The van der Waals surface area contributed by atoms with E-state index in [1.807, 2.05) is 27.7 Å². The molecule has 2 atom stereocenters. The van der Waals surface area contributed by atoms with E-state index < -0.39 is 18.6 Å². The first-order valence-corrected chi connectivity index (χ1v) is 9.82. The summed E-state index contributed by atoms with van der Waals surface area (Å²) in [5, 5.41) is 11.6. The zero-order valence-electron chi connectivity index (χ0n) is 14.8. The Hall–Kier alpha value is -0.420. The van der Waals surface area contributed by atoms with Crippen LogP contribution in [0.1, 0.15) is 54.4 Å². The van der Waals surface area contributed by atoms with Gasteiger partial charge in [-0.15, -0.1) is 0 Å². The van der Waals surface area contributed by atoms with Crippen molar-refractivity contribution in [3.63, 3.8) is 0 Å². The van der Waals surface area contributed by atoms with Gasteiger partial charge in [-0.05, 0) is 41.0 Å². The van der Waals surface area contributed by atoms with Crippen LogP contribution in [-0.2, 0) is 18.7 Å². The molecule has 6 nitrogen and oxygen atoms in total. The number of hydrogen-bond acceptors (Lipinski definition) is 5. The molecule has 1 N–H and O–H groups in total. The van der Waals surface area contributed by atoms with Gasteiger partial charge in [0.1, 0.15) is 0 Å². The molecule has 2 unspecified atom stereocenters. The normalized spacial score (nSPS) is 17.6. The Balaban J connectivity index is 4.88. The van der Waals surface area contributed by atoms with E-state index in [9.17, 15) is 14.5 Å². The third-order valence-corrected chi connectivity index (χ3v) is 5.69. The summed E-state index contributed by atoms with van der Waals surface area (Å²) in [6.45, 7) is 11.1. The van der Waals surface area contributed by atoms with E-state index in [-0.39, 0.29) is 12.7 Å². The van der Waals surface area contributed by atoms with E-state index in [4.69, 9.17) is 9.36 Å². The monoisotopic (exact) mass is 337 g/mol. The minimum absolute atomic E-state index is 0.00564. The quantitative estimate of drug-likeness (QED) is 0.356. The molecule has 22 heavy (non-hydrogen) atoms. The molecule has 0 aromatic rings. The Kier molecular flexibility index (Phi) is 8.85. The number of hydroxylamine groups is 2. The Morgan fingerprint density at radius 3 is 2.23 bits per heavy atom. The molecule has 0 fully saturated rings. The van der Waals surface area contributed by atoms with E-state index in [2.05, 4.69) is 0 Å². The highest BCUT2D eigenvalue weighted by Crippen LogP contribution is 2.50. The lowest BCUT2D eigenvalue weighted by atomic mass is 10.1. The van der Waals surface area contributed by atoms with Gasteiger partial charge in [-0.1, -0.05) is 13.3 Å². The van der Waals surface area contributed by atoms with Crippen molar-refractivity contribution in [3.05, 3.63) is 0 Å². The van der Waals surface area contributed by atoms with Crippen LogP contribution in [0.25, 0.3) is 0 Å². The van der Waals surface area contributed by atoms with Gasteiger partial charge in [0.15, 0.2) is 0 Å². The van der Waals surface area contributed by atoms with Crippen LogP contribution >= 0.6 is 7.37 Å². The van der Waals surface area contributed by atoms with Gasteiger partial charge in [0.05, 0.1) is 30.5 Å². The third-order valence-electron chi connectivity index (χ3n) is 2.80. The zero-order valence-corrected chi connectivity index (χ0v) is 15.7. The fraction of sp³-hybridized carbons (Fsp3) is 0.933. The van der Waals surface area contributed by atoms with Gasteiger partial charge in [0.25, 0.3) is 0 Å². The smallest absolute Gasteiger partial charge is 0.233 e. The summed E-state index contributed by atoms with van der Waals surface area (Å²) in [6, 6.07) is 0. The van der Waals surface area contributed by atoms with E-state index in [1.165, 1.54) is 0 Å². The van der Waals surface area contributed by atoms with E-state index in [0.717, 1.165) is 17.9 Å². The number of amides is 1. The van der Waals surface area contributed by atoms with Gasteiger partial charge in [-0.2, -0.15) is 0 Å². The first-order valence-electron chi connectivity index (χ1n) is 7.83. The molecule has 0 bridgehead atoms. The highest BCUT2D eigenvalue weighted by atomic mass is 31.2. The maximum absolute atomic E-state index is 12.8. The van der Waals surface area contributed by atoms with Crippen LogP contribution in [0.2, 0.25) is 0 Å². The number of carbonyl (C=O) groups is 1. The molecule has 0 rings (SSSR count). The Labute approximate surface area is 134 Å². The Morgan fingerprint density at radius 2 is 1.82 bits per heavy atom. The van der Waals surface area contributed by atoms with Gasteiger partial charge in [0, 0.05) is 6.16 Å². The number of unbranched alkanes of at least 4 members (excludes halogenated alkanes) is 1. The van der Waals surface area contributed by atoms with Crippen molar-refractivity contribution in [1.82, 2.24) is 5.06 Å². The second-order valence-electron chi connectivity index (χ2n) is 6.85. The molecule has 0 saturated carbocycles. The molecule has 7 heteroatoms. The van der Waals surface area contributed by atoms with E-state index in [1.54, 1.807) is 13.8 Å². The predicted octanol–water partition coefficient (Wildman–Crippen LogP) is 3.04. The summed E-state index contributed by atoms with van der Waals surface area (Å²) in [5.41, 5.74) is -1.90. The minimum Gasteiger partial charge on any atom is -0.388 e. The maximum atomic E-state index is 12.8. The average Bonchev–Trinajstić information content (AvgIpc) is 2.33. The van der Waals surface area contributed by atoms with Crippen molar-refractivity contribution in [2.75, 3.05) is 25.5 Å². The van der Waals surface area contributed by atoms with Crippen molar-refractivity contribution >= 4 is 13.8 Å². The molecule has 0 saturated heterocycles. The highest BCUT2D eigenvalue weighted by molar-refractivity contribution is 7.59. The molecule has 1 amide bonds. The molecular weight excluding hydrogens is 305 g/mol. The molecule has 0 radical (unpaired) electrons. The standard InChI is InChI=1S/C15H32NO5P/c1-7-9-10-22(19,20-8-2)12-15(6,18)11-16(13-17)21-14(3,4)5/h13,18H,7-12H2,1-6H3. The summed E-state index contributed by atoms with van der Waals surface area (Å²) in [4.78, 5) is 16.6. The van der Waals surface area contributed by atoms with Crippen molar-refractivity contribution in [2.45, 2.75) is 65.6 Å². The minimum atomic E-state index is -2.92. The van der Waals surface area contributed by atoms with E-state index >= 15 is 0 Å². The number of hydrogen-bond donors (Lipinski definition) is 1. The van der Waals surface area contributed by atoms with Gasteiger partial charge in [-0.25, -0.2) is 5.06 Å². The number of rotatable bonds is 11. The van der Waals surface area contributed by atoms with Gasteiger partial charge >= 0.3 is 0 Å². The van der Waals surface area contributed by atoms with Crippen molar-refractivity contribution in [2.24, 2.45) is 0 Å². The van der Waals surface area contributed by atoms with Crippen molar-refractivity contribution in [1.29, 1.82) is 0 Å². The summed E-state index contributed by atoms with van der Waals surface area (Å²) < 4.78 is 18.2. The van der Waals surface area contributed by atoms with Crippen LogP contribution in [0.15, 0.2) is 0 Å². The molecule has 132 valence electrons. The first-order chi connectivity index (χ1) is 9.97. The predicted molar refractivity (Wildman–Crippen MR) is 88.1 cm³/mol. The lowest BCUT2D eigenvalue weighted by molar-refractivity contribution is -0.228.